The summed E-state index contributed by atoms with van der Waals surface area (Å²) in [6.07, 6.45) is 8.48. The predicted molar refractivity (Wildman–Crippen MR) is 106 cm³/mol. The number of fused-ring (bicyclic) bond motifs is 1. The average Bonchev–Trinajstić information content (AvgIpc) is 2.93. The molecular formula is C22H29N3O. The van der Waals surface area contributed by atoms with Crippen LogP contribution in [0.5, 0.6) is 5.75 Å². The second kappa shape index (κ2) is 8.09. The van der Waals surface area contributed by atoms with Crippen LogP contribution in [-0.2, 0) is 12.8 Å². The Morgan fingerprint density at radius 3 is 2.73 bits per heavy atom. The Bertz CT molecular complexity index is 753. The van der Waals surface area contributed by atoms with E-state index in [0.717, 1.165) is 44.0 Å². The fraction of sp³-hybridized carbons (Fsp3) is 0.500. The van der Waals surface area contributed by atoms with E-state index < -0.39 is 0 Å². The van der Waals surface area contributed by atoms with E-state index in [2.05, 4.69) is 28.5 Å². The molecule has 4 heteroatoms. The molecule has 4 rings (SSSR count). The molecule has 0 radical (unpaired) electrons. The van der Waals surface area contributed by atoms with Gasteiger partial charge in [-0.2, -0.15) is 0 Å². The normalized spacial score (nSPS) is 20.2. The van der Waals surface area contributed by atoms with Crippen LogP contribution in [0.2, 0.25) is 0 Å². The van der Waals surface area contributed by atoms with Crippen molar-refractivity contribution in [2.24, 2.45) is 5.92 Å². The molecule has 1 unspecified atom stereocenters. The summed E-state index contributed by atoms with van der Waals surface area (Å²) in [7, 11) is 0. The van der Waals surface area contributed by atoms with E-state index >= 15 is 0 Å². The van der Waals surface area contributed by atoms with Gasteiger partial charge in [-0.15, -0.1) is 0 Å². The summed E-state index contributed by atoms with van der Waals surface area (Å²) in [5, 5.41) is 3.48. The van der Waals surface area contributed by atoms with Gasteiger partial charge in [-0.3, -0.25) is 0 Å². The molecule has 138 valence electrons. The van der Waals surface area contributed by atoms with Crippen molar-refractivity contribution in [1.29, 1.82) is 0 Å². The van der Waals surface area contributed by atoms with Crippen molar-refractivity contribution in [3.05, 3.63) is 41.5 Å². The first-order valence-electron chi connectivity index (χ1n) is 10.0. The van der Waals surface area contributed by atoms with E-state index in [1.807, 2.05) is 12.1 Å². The number of nitrogen functional groups attached to an aromatic ring is 1. The number of pyridine rings is 1. The van der Waals surface area contributed by atoms with E-state index in [4.69, 9.17) is 10.5 Å². The Labute approximate surface area is 156 Å². The summed E-state index contributed by atoms with van der Waals surface area (Å²) in [4.78, 5) is 4.56. The molecule has 1 saturated heterocycles. The Morgan fingerprint density at radius 1 is 1.04 bits per heavy atom. The summed E-state index contributed by atoms with van der Waals surface area (Å²) >= 11 is 0. The highest BCUT2D eigenvalue weighted by Crippen LogP contribution is 2.36. The fourth-order valence-electron chi connectivity index (χ4n) is 4.26. The number of anilines is 1. The van der Waals surface area contributed by atoms with Crippen LogP contribution in [0.25, 0.3) is 11.3 Å². The smallest absolute Gasteiger partial charge is 0.124 e. The van der Waals surface area contributed by atoms with Gasteiger partial charge < -0.3 is 15.8 Å². The van der Waals surface area contributed by atoms with Gasteiger partial charge in [-0.05, 0) is 80.5 Å². The molecule has 2 heterocycles. The van der Waals surface area contributed by atoms with Crippen molar-refractivity contribution < 1.29 is 4.74 Å². The second-order valence-corrected chi connectivity index (χ2v) is 7.60. The summed E-state index contributed by atoms with van der Waals surface area (Å²) in [6.45, 7) is 3.04. The topological polar surface area (TPSA) is 60.2 Å². The predicted octanol–water partition coefficient (Wildman–Crippen LogP) is 3.98. The number of rotatable bonds is 4. The molecule has 4 nitrogen and oxygen atoms in total. The van der Waals surface area contributed by atoms with Gasteiger partial charge in [0, 0.05) is 18.0 Å². The van der Waals surface area contributed by atoms with Gasteiger partial charge >= 0.3 is 0 Å². The molecule has 0 amide bonds. The molecule has 0 bridgehead atoms. The zero-order chi connectivity index (χ0) is 17.8. The number of piperidine rings is 1. The third kappa shape index (κ3) is 3.85. The number of hydrogen-bond donors (Lipinski definition) is 2. The van der Waals surface area contributed by atoms with E-state index in [-0.39, 0.29) is 0 Å². The van der Waals surface area contributed by atoms with Crippen LogP contribution >= 0.6 is 0 Å². The number of ether oxygens (including phenoxy) is 1. The van der Waals surface area contributed by atoms with Crippen molar-refractivity contribution >= 4 is 5.82 Å². The van der Waals surface area contributed by atoms with Crippen LogP contribution in [0.3, 0.4) is 0 Å². The quantitative estimate of drug-likeness (QED) is 0.818. The lowest BCUT2D eigenvalue weighted by Crippen LogP contribution is -2.33. The first-order chi connectivity index (χ1) is 12.8. The van der Waals surface area contributed by atoms with E-state index in [1.54, 1.807) is 0 Å². The number of nitrogens with one attached hydrogen (secondary N) is 1. The maximum absolute atomic E-state index is 6.33. The Kier molecular flexibility index (Phi) is 5.40. The molecule has 0 saturated carbocycles. The lowest BCUT2D eigenvalue weighted by atomic mass is 9.94. The molecular weight excluding hydrogens is 322 g/mol. The highest BCUT2D eigenvalue weighted by Gasteiger charge is 2.20. The standard InChI is InChI=1S/C22H29N3O/c23-22-10-4-9-20(25-22)18-11-12-21(19-8-3-1-2-7-17(18)19)26-15-16-6-5-13-24-14-16/h4,9-12,16,24H,1-3,5-8,13-15H2,(H2,23,25). The van der Waals surface area contributed by atoms with Crippen molar-refractivity contribution in [2.75, 3.05) is 25.4 Å². The molecule has 1 aromatic heterocycles. The monoisotopic (exact) mass is 351 g/mol. The molecule has 1 fully saturated rings. The molecule has 26 heavy (non-hydrogen) atoms. The summed E-state index contributed by atoms with van der Waals surface area (Å²) < 4.78 is 6.33. The minimum atomic E-state index is 0.579. The van der Waals surface area contributed by atoms with Crippen LogP contribution in [0.1, 0.15) is 43.2 Å². The Balaban J connectivity index is 1.63. The highest BCUT2D eigenvalue weighted by molar-refractivity contribution is 5.69. The van der Waals surface area contributed by atoms with Crippen LogP contribution in [-0.4, -0.2) is 24.7 Å². The summed E-state index contributed by atoms with van der Waals surface area (Å²) in [6, 6.07) is 10.2. The molecule has 2 aromatic rings. The summed E-state index contributed by atoms with van der Waals surface area (Å²) in [5.41, 5.74) is 10.9. The van der Waals surface area contributed by atoms with Crippen molar-refractivity contribution in [2.45, 2.75) is 44.9 Å². The molecule has 1 aliphatic heterocycles. The van der Waals surface area contributed by atoms with E-state index in [1.165, 1.54) is 48.8 Å². The molecule has 3 N–H and O–H groups in total. The van der Waals surface area contributed by atoms with Crippen LogP contribution in [0.15, 0.2) is 30.3 Å². The average molecular weight is 351 g/mol. The largest absolute Gasteiger partial charge is 0.493 e. The fourth-order valence-corrected chi connectivity index (χ4v) is 4.26. The van der Waals surface area contributed by atoms with Crippen LogP contribution < -0.4 is 15.8 Å². The van der Waals surface area contributed by atoms with Gasteiger partial charge in [0.2, 0.25) is 0 Å². The van der Waals surface area contributed by atoms with Crippen molar-refractivity contribution in [3.8, 4) is 17.0 Å². The zero-order valence-corrected chi connectivity index (χ0v) is 15.5. The molecule has 1 aromatic carbocycles. The van der Waals surface area contributed by atoms with Gasteiger partial charge in [0.1, 0.15) is 11.6 Å². The molecule has 1 atom stereocenters. The SMILES string of the molecule is Nc1cccc(-c2ccc(OCC3CCCNC3)c3c2CCCCC3)n1. The number of benzene rings is 1. The van der Waals surface area contributed by atoms with Gasteiger partial charge in [-0.25, -0.2) is 4.98 Å². The summed E-state index contributed by atoms with van der Waals surface area (Å²) in [5.74, 6) is 2.29. The maximum Gasteiger partial charge on any atom is 0.124 e. The van der Waals surface area contributed by atoms with Crippen molar-refractivity contribution in [1.82, 2.24) is 10.3 Å². The lowest BCUT2D eigenvalue weighted by molar-refractivity contribution is 0.217. The van der Waals surface area contributed by atoms with Gasteiger partial charge in [0.15, 0.2) is 0 Å². The molecule has 0 spiro atoms. The van der Waals surface area contributed by atoms with Crippen LogP contribution in [0, 0.1) is 5.92 Å². The van der Waals surface area contributed by atoms with Crippen LogP contribution in [0.4, 0.5) is 5.82 Å². The van der Waals surface area contributed by atoms with Gasteiger partial charge in [0.05, 0.1) is 12.3 Å². The van der Waals surface area contributed by atoms with Gasteiger partial charge in [-0.1, -0.05) is 12.5 Å². The third-order valence-electron chi connectivity index (χ3n) is 5.66. The number of nitrogens with zero attached hydrogens (tertiary/aromatic N) is 1. The third-order valence-corrected chi connectivity index (χ3v) is 5.66. The lowest BCUT2D eigenvalue weighted by Gasteiger charge is -2.24. The minimum absolute atomic E-state index is 0.579. The zero-order valence-electron chi connectivity index (χ0n) is 15.5. The highest BCUT2D eigenvalue weighted by atomic mass is 16.5. The van der Waals surface area contributed by atoms with E-state index in [0.29, 0.717) is 11.7 Å². The maximum atomic E-state index is 6.33. The minimum Gasteiger partial charge on any atom is -0.493 e. The van der Waals surface area contributed by atoms with Gasteiger partial charge in [0.25, 0.3) is 0 Å². The Hall–Kier alpha value is -2.07. The number of hydrogen-bond acceptors (Lipinski definition) is 4. The second-order valence-electron chi connectivity index (χ2n) is 7.60. The molecule has 1 aliphatic carbocycles. The number of nitrogens with two attached hydrogens (primary N) is 1. The Morgan fingerprint density at radius 2 is 1.92 bits per heavy atom. The number of aromatic nitrogens is 1. The molecule has 2 aliphatic rings. The first kappa shape index (κ1) is 17.3. The van der Waals surface area contributed by atoms with Crippen molar-refractivity contribution in [3.63, 3.8) is 0 Å². The van der Waals surface area contributed by atoms with E-state index in [9.17, 15) is 0 Å². The first-order valence-corrected chi connectivity index (χ1v) is 10.0.